The summed E-state index contributed by atoms with van der Waals surface area (Å²) in [5.74, 6) is -0.114. The zero-order valence-corrected chi connectivity index (χ0v) is 11.9. The van der Waals surface area contributed by atoms with Crippen molar-refractivity contribution >= 4 is 12.0 Å². The Kier molecular flexibility index (Phi) is 3.61. The first-order chi connectivity index (χ1) is 10.1. The van der Waals surface area contributed by atoms with Crippen molar-refractivity contribution in [3.05, 3.63) is 24.2 Å². The molecule has 2 fully saturated rings. The molecule has 0 aliphatic heterocycles. The van der Waals surface area contributed by atoms with E-state index >= 15 is 0 Å². The summed E-state index contributed by atoms with van der Waals surface area (Å²) in [4.78, 5) is 25.3. The molecule has 114 valence electrons. The van der Waals surface area contributed by atoms with Crippen LogP contribution in [-0.2, 0) is 11.3 Å². The van der Waals surface area contributed by atoms with Gasteiger partial charge in [0, 0.05) is 6.04 Å². The van der Waals surface area contributed by atoms with Gasteiger partial charge in [-0.05, 0) is 44.2 Å². The van der Waals surface area contributed by atoms with E-state index in [0.717, 1.165) is 37.9 Å². The molecule has 0 spiro atoms. The van der Waals surface area contributed by atoms with Crippen molar-refractivity contribution in [1.29, 1.82) is 0 Å². The number of aliphatic carboxylic acids is 1. The molecule has 0 unspecified atom stereocenters. The van der Waals surface area contributed by atoms with Crippen LogP contribution in [-0.4, -0.2) is 33.6 Å². The van der Waals surface area contributed by atoms with E-state index in [0.29, 0.717) is 6.54 Å². The van der Waals surface area contributed by atoms with Crippen LogP contribution in [0.15, 0.2) is 22.8 Å². The number of amides is 2. The summed E-state index contributed by atoms with van der Waals surface area (Å²) in [6.45, 7) is 0.437. The highest BCUT2D eigenvalue weighted by atomic mass is 16.4. The van der Waals surface area contributed by atoms with Gasteiger partial charge < -0.3 is 19.7 Å². The topological polar surface area (TPSA) is 82.8 Å². The first kappa shape index (κ1) is 14.0. The van der Waals surface area contributed by atoms with Crippen molar-refractivity contribution in [3.63, 3.8) is 0 Å². The number of nitrogens with one attached hydrogen (secondary N) is 1. The maximum Gasteiger partial charge on any atom is 0.318 e. The molecular formula is C15H20N2O4. The van der Waals surface area contributed by atoms with E-state index in [-0.39, 0.29) is 18.5 Å². The summed E-state index contributed by atoms with van der Waals surface area (Å²) in [6, 6.07) is 3.72. The Morgan fingerprint density at radius 3 is 2.67 bits per heavy atom. The fourth-order valence-corrected chi connectivity index (χ4v) is 2.86. The predicted molar refractivity (Wildman–Crippen MR) is 74.6 cm³/mol. The number of nitrogens with zero attached hydrogens (tertiary/aromatic N) is 1. The Morgan fingerprint density at radius 2 is 2.19 bits per heavy atom. The van der Waals surface area contributed by atoms with Gasteiger partial charge in [0.05, 0.1) is 24.8 Å². The van der Waals surface area contributed by atoms with Gasteiger partial charge >= 0.3 is 12.0 Å². The molecular weight excluding hydrogens is 272 g/mol. The number of rotatable bonds is 6. The molecule has 6 nitrogen and oxygen atoms in total. The van der Waals surface area contributed by atoms with E-state index in [1.807, 2.05) is 6.07 Å². The highest BCUT2D eigenvalue weighted by Gasteiger charge is 2.43. The second-order valence-electron chi connectivity index (χ2n) is 6.07. The van der Waals surface area contributed by atoms with Crippen molar-refractivity contribution in [2.75, 3.05) is 0 Å². The molecule has 2 aliphatic rings. The normalized spacial score (nSPS) is 19.6. The van der Waals surface area contributed by atoms with Crippen LogP contribution < -0.4 is 5.32 Å². The van der Waals surface area contributed by atoms with Crippen molar-refractivity contribution in [2.24, 2.45) is 0 Å². The van der Waals surface area contributed by atoms with Gasteiger partial charge in [0.2, 0.25) is 0 Å². The monoisotopic (exact) mass is 292 g/mol. The third-order valence-electron chi connectivity index (χ3n) is 4.33. The fourth-order valence-electron chi connectivity index (χ4n) is 2.86. The average Bonchev–Trinajstić information content (AvgIpc) is 3.09. The third kappa shape index (κ3) is 3.20. The number of carbonyl (C=O) groups is 2. The molecule has 6 heteroatoms. The van der Waals surface area contributed by atoms with Crippen molar-refractivity contribution < 1.29 is 19.1 Å². The quantitative estimate of drug-likeness (QED) is 0.843. The summed E-state index contributed by atoms with van der Waals surface area (Å²) in [6.07, 6.45) is 6.04. The molecule has 2 N–H and O–H groups in total. The molecule has 3 rings (SSSR count). The Morgan fingerprint density at radius 1 is 1.43 bits per heavy atom. The number of hydrogen-bond donors (Lipinski definition) is 2. The van der Waals surface area contributed by atoms with E-state index in [2.05, 4.69) is 5.32 Å². The fraction of sp³-hybridized carbons (Fsp3) is 0.600. The summed E-state index contributed by atoms with van der Waals surface area (Å²) >= 11 is 0. The zero-order valence-electron chi connectivity index (χ0n) is 11.9. The maximum atomic E-state index is 12.5. The number of carbonyl (C=O) groups excluding carboxylic acids is 1. The molecule has 2 aliphatic carbocycles. The number of carboxylic acid groups (broad SMARTS) is 1. The number of carboxylic acids is 1. The molecule has 2 saturated carbocycles. The van der Waals surface area contributed by atoms with Gasteiger partial charge in [-0.1, -0.05) is 0 Å². The lowest BCUT2D eigenvalue weighted by atomic mass is 9.74. The van der Waals surface area contributed by atoms with Crippen molar-refractivity contribution in [1.82, 2.24) is 10.2 Å². The standard InChI is InChI=1S/C15H20N2O4/c18-13(19)9-15(6-2-7-15)16-14(20)17(11-4-5-11)10-12-3-1-8-21-12/h1,3,8,11H,2,4-7,9-10H2,(H,16,20)(H,18,19). The molecule has 1 heterocycles. The zero-order chi connectivity index (χ0) is 14.9. The summed E-state index contributed by atoms with van der Waals surface area (Å²) in [5.41, 5.74) is -0.556. The highest BCUT2D eigenvalue weighted by molar-refractivity contribution is 5.77. The van der Waals surface area contributed by atoms with Gasteiger partial charge in [0.25, 0.3) is 0 Å². The van der Waals surface area contributed by atoms with E-state index < -0.39 is 11.5 Å². The number of hydrogen-bond acceptors (Lipinski definition) is 3. The minimum atomic E-state index is -0.862. The van der Waals surface area contributed by atoms with Gasteiger partial charge in [0.15, 0.2) is 0 Å². The van der Waals surface area contributed by atoms with Gasteiger partial charge in [-0.2, -0.15) is 0 Å². The van der Waals surface area contributed by atoms with Crippen LogP contribution in [0.5, 0.6) is 0 Å². The second-order valence-corrected chi connectivity index (χ2v) is 6.07. The van der Waals surface area contributed by atoms with Gasteiger partial charge in [-0.15, -0.1) is 0 Å². The van der Waals surface area contributed by atoms with Crippen LogP contribution in [0.2, 0.25) is 0 Å². The first-order valence-electron chi connectivity index (χ1n) is 7.41. The summed E-state index contributed by atoms with van der Waals surface area (Å²) < 4.78 is 5.31. The smallest absolute Gasteiger partial charge is 0.318 e. The minimum absolute atomic E-state index is 0.00199. The maximum absolute atomic E-state index is 12.5. The van der Waals surface area contributed by atoms with Crippen LogP contribution in [0.1, 0.15) is 44.3 Å². The lowest BCUT2D eigenvalue weighted by Crippen LogP contribution is -2.58. The van der Waals surface area contributed by atoms with E-state index in [1.165, 1.54) is 0 Å². The van der Waals surface area contributed by atoms with Gasteiger partial charge in [0.1, 0.15) is 5.76 Å². The predicted octanol–water partition coefficient (Wildman–Crippen LogP) is 2.35. The van der Waals surface area contributed by atoms with Gasteiger partial charge in [-0.3, -0.25) is 4.79 Å². The molecule has 1 aromatic rings. The Balaban J connectivity index is 1.65. The van der Waals surface area contributed by atoms with Crippen molar-refractivity contribution in [3.8, 4) is 0 Å². The lowest BCUT2D eigenvalue weighted by molar-refractivity contribution is -0.139. The molecule has 0 aromatic carbocycles. The largest absolute Gasteiger partial charge is 0.481 e. The summed E-state index contributed by atoms with van der Waals surface area (Å²) in [5, 5.41) is 12.0. The average molecular weight is 292 g/mol. The lowest BCUT2D eigenvalue weighted by Gasteiger charge is -2.42. The number of furan rings is 1. The first-order valence-corrected chi connectivity index (χ1v) is 7.41. The molecule has 0 atom stereocenters. The van der Waals surface area contributed by atoms with Crippen LogP contribution in [0, 0.1) is 0 Å². The van der Waals surface area contributed by atoms with E-state index in [1.54, 1.807) is 17.2 Å². The Hall–Kier alpha value is -1.98. The Labute approximate surface area is 123 Å². The third-order valence-corrected chi connectivity index (χ3v) is 4.33. The molecule has 21 heavy (non-hydrogen) atoms. The second kappa shape index (κ2) is 5.42. The van der Waals surface area contributed by atoms with Crippen LogP contribution in [0.25, 0.3) is 0 Å². The molecule has 0 bridgehead atoms. The molecule has 0 radical (unpaired) electrons. The summed E-state index contributed by atoms with van der Waals surface area (Å²) in [7, 11) is 0. The van der Waals surface area contributed by atoms with E-state index in [4.69, 9.17) is 9.52 Å². The Bertz CT molecular complexity index is 518. The van der Waals surface area contributed by atoms with Crippen LogP contribution in [0.4, 0.5) is 4.79 Å². The van der Waals surface area contributed by atoms with Crippen LogP contribution in [0.3, 0.4) is 0 Å². The molecule has 0 saturated heterocycles. The molecule has 1 aromatic heterocycles. The number of urea groups is 1. The molecule has 2 amide bonds. The SMILES string of the molecule is O=C(O)CC1(NC(=O)N(Cc2ccco2)C2CC2)CCC1. The van der Waals surface area contributed by atoms with Gasteiger partial charge in [-0.25, -0.2) is 4.79 Å². The van der Waals surface area contributed by atoms with Crippen molar-refractivity contribution in [2.45, 2.75) is 56.7 Å². The minimum Gasteiger partial charge on any atom is -0.481 e. The van der Waals surface area contributed by atoms with Crippen LogP contribution >= 0.6 is 0 Å². The highest BCUT2D eigenvalue weighted by Crippen LogP contribution is 2.36. The van der Waals surface area contributed by atoms with E-state index in [9.17, 15) is 9.59 Å².